The van der Waals surface area contributed by atoms with Gasteiger partial charge in [-0.25, -0.2) is 10.0 Å². The minimum absolute atomic E-state index is 0.0657. The first-order valence-corrected chi connectivity index (χ1v) is 6.86. The third-order valence-electron chi connectivity index (χ3n) is 3.38. The van der Waals surface area contributed by atoms with Crippen molar-refractivity contribution in [1.29, 1.82) is 0 Å². The molecule has 9 heteroatoms. The molecule has 0 radical (unpaired) electrons. The lowest BCUT2D eigenvalue weighted by atomic mass is 10.0. The lowest BCUT2D eigenvalue weighted by molar-refractivity contribution is 0.0865. The molecule has 3 aliphatic rings. The van der Waals surface area contributed by atoms with E-state index < -0.39 is 12.2 Å². The van der Waals surface area contributed by atoms with Gasteiger partial charge in [-0.2, -0.15) is 17.7 Å². The summed E-state index contributed by atoms with van der Waals surface area (Å²) < 4.78 is 0. The first-order chi connectivity index (χ1) is 9.47. The predicted octanol–water partition coefficient (Wildman–Crippen LogP) is -0.657. The zero-order chi connectivity index (χ0) is 14.4. The van der Waals surface area contributed by atoms with Crippen LogP contribution in [-0.2, 0) is 0 Å². The fraction of sp³-hybridized carbons (Fsp3) is 0.545. The molecule has 4 bridgehead atoms. The average molecular weight is 299 g/mol. The Balaban J connectivity index is 1.75. The number of nitrogens with zero attached hydrogens (tertiary/aromatic N) is 3. The van der Waals surface area contributed by atoms with Gasteiger partial charge in [0.25, 0.3) is 0 Å². The second kappa shape index (κ2) is 4.85. The monoisotopic (exact) mass is 299 g/mol. The topological polar surface area (TPSA) is 104 Å². The first kappa shape index (κ1) is 13.6. The number of allylic oxidation sites excluding steroid dienone is 1. The standard InChI is InChI=1S/C11H17N5O3S/c1-5(17)2-7(18)8(20)3-6-9-10-11(19)12-4-15(9)14-16(10)13-6/h4-5,7-8,13-14,17-20H,2-3H2,1H3/t5?,7-,8+/m1/s1. The Morgan fingerprint density at radius 3 is 2.85 bits per heavy atom. The number of rotatable bonds is 5. The lowest BCUT2D eigenvalue weighted by Crippen LogP contribution is -2.48. The van der Waals surface area contributed by atoms with Gasteiger partial charge in [-0.1, -0.05) is 0 Å². The quantitative estimate of drug-likeness (QED) is 0.375. The van der Waals surface area contributed by atoms with E-state index in [1.54, 1.807) is 17.1 Å². The number of aliphatic hydroxyl groups excluding tert-OH is 3. The van der Waals surface area contributed by atoms with Gasteiger partial charge in [0.2, 0.25) is 5.88 Å². The van der Waals surface area contributed by atoms with Gasteiger partial charge < -0.3 is 15.3 Å². The molecular formula is C11H17N5O3S. The molecule has 0 saturated carbocycles. The van der Waals surface area contributed by atoms with Crippen LogP contribution in [0.15, 0.2) is 28.0 Å². The highest BCUT2D eigenvalue weighted by Gasteiger charge is 2.43. The number of thiol groups is 1. The van der Waals surface area contributed by atoms with E-state index >= 15 is 0 Å². The smallest absolute Gasteiger partial charge is 0.242 e. The highest BCUT2D eigenvalue weighted by Crippen LogP contribution is 2.37. The van der Waals surface area contributed by atoms with Crippen LogP contribution in [0.5, 0.6) is 0 Å². The molecule has 1 fully saturated rings. The van der Waals surface area contributed by atoms with E-state index in [9.17, 15) is 15.3 Å². The predicted molar refractivity (Wildman–Crippen MR) is 74.8 cm³/mol. The molecule has 5 N–H and O–H groups in total. The molecule has 0 spiro atoms. The molecule has 1 unspecified atom stereocenters. The summed E-state index contributed by atoms with van der Waals surface area (Å²) in [4.78, 5) is 3.84. The van der Waals surface area contributed by atoms with E-state index in [4.69, 9.17) is 0 Å². The number of aliphatic imine (C=N–C) groups is 1. The minimum Gasteiger partial charge on any atom is -0.492 e. The van der Waals surface area contributed by atoms with Crippen LogP contribution >= 0.6 is 12.6 Å². The van der Waals surface area contributed by atoms with E-state index in [2.05, 4.69) is 28.6 Å². The van der Waals surface area contributed by atoms with E-state index in [-0.39, 0.29) is 17.6 Å². The van der Waals surface area contributed by atoms with Crippen molar-refractivity contribution in [2.24, 2.45) is 4.99 Å². The largest absolute Gasteiger partial charge is 0.492 e. The third kappa shape index (κ3) is 2.12. The van der Waals surface area contributed by atoms with Crippen molar-refractivity contribution in [1.82, 2.24) is 21.1 Å². The number of hydrogen-bond donors (Lipinski definition) is 6. The van der Waals surface area contributed by atoms with Gasteiger partial charge in [0, 0.05) is 18.1 Å². The lowest BCUT2D eigenvalue weighted by Gasteiger charge is -2.27. The molecule has 0 amide bonds. The molecule has 0 aromatic heterocycles. The van der Waals surface area contributed by atoms with E-state index in [1.165, 1.54) is 6.34 Å². The maximum Gasteiger partial charge on any atom is 0.242 e. The summed E-state index contributed by atoms with van der Waals surface area (Å²) in [7, 11) is 0. The molecule has 3 heterocycles. The molecule has 3 atom stereocenters. The normalized spacial score (nSPS) is 24.4. The van der Waals surface area contributed by atoms with Crippen LogP contribution in [0.2, 0.25) is 0 Å². The van der Waals surface area contributed by atoms with Crippen molar-refractivity contribution in [3.05, 3.63) is 23.0 Å². The maximum atomic E-state index is 9.96. The van der Waals surface area contributed by atoms with Gasteiger partial charge >= 0.3 is 0 Å². The fourth-order valence-electron chi connectivity index (χ4n) is 2.44. The van der Waals surface area contributed by atoms with Crippen molar-refractivity contribution >= 4 is 19.0 Å². The molecule has 0 aliphatic carbocycles. The maximum absolute atomic E-state index is 9.96. The van der Waals surface area contributed by atoms with Crippen LogP contribution in [0.3, 0.4) is 0 Å². The van der Waals surface area contributed by atoms with Gasteiger partial charge in [0.05, 0.1) is 17.9 Å². The van der Waals surface area contributed by atoms with Crippen molar-refractivity contribution in [3.8, 4) is 0 Å². The number of nitrogens with one attached hydrogen (secondary N) is 2. The summed E-state index contributed by atoms with van der Waals surface area (Å²) in [5.41, 5.74) is 8.20. The second-order valence-electron chi connectivity index (χ2n) is 5.08. The molecule has 20 heavy (non-hydrogen) atoms. The number of hydrogen-bond acceptors (Lipinski definition) is 9. The Hall–Kier alpha value is -1.42. The molecule has 3 rings (SSSR count). The summed E-state index contributed by atoms with van der Waals surface area (Å²) in [6, 6.07) is 0. The highest BCUT2D eigenvalue weighted by molar-refractivity contribution is 7.81. The SMILES string of the molecule is CC(O)C[C@@H](O)[C@@H](S)CC1=C2C3=C(O)N=CN2NN3N1. The molecule has 0 aromatic rings. The average Bonchev–Trinajstić information content (AvgIpc) is 2.85. The Morgan fingerprint density at radius 1 is 1.40 bits per heavy atom. The van der Waals surface area contributed by atoms with Crippen molar-refractivity contribution in [2.75, 3.05) is 0 Å². The number of aliphatic hydroxyl groups is 3. The number of hydrazine groups is 3. The van der Waals surface area contributed by atoms with E-state index in [0.717, 1.165) is 11.4 Å². The van der Waals surface area contributed by atoms with Gasteiger partial charge in [0.1, 0.15) is 12.0 Å². The van der Waals surface area contributed by atoms with Gasteiger partial charge in [-0.05, 0) is 6.92 Å². The molecule has 110 valence electrons. The van der Waals surface area contributed by atoms with Crippen LogP contribution in [0.25, 0.3) is 0 Å². The summed E-state index contributed by atoms with van der Waals surface area (Å²) in [5, 5.41) is 31.9. The van der Waals surface area contributed by atoms with Crippen LogP contribution in [-0.4, -0.2) is 49.2 Å². The molecule has 1 saturated heterocycles. The zero-order valence-electron chi connectivity index (χ0n) is 10.9. The van der Waals surface area contributed by atoms with Gasteiger partial charge in [0.15, 0.2) is 5.70 Å². The Morgan fingerprint density at radius 2 is 2.15 bits per heavy atom. The third-order valence-corrected chi connectivity index (χ3v) is 3.90. The summed E-state index contributed by atoms with van der Waals surface area (Å²) in [6.45, 7) is 1.63. The molecule has 0 aromatic carbocycles. The van der Waals surface area contributed by atoms with Crippen molar-refractivity contribution in [2.45, 2.75) is 37.2 Å². The van der Waals surface area contributed by atoms with Gasteiger partial charge in [-0.15, -0.1) is 5.53 Å². The molecular weight excluding hydrogens is 282 g/mol. The fourth-order valence-corrected chi connectivity index (χ4v) is 2.75. The molecule has 3 aliphatic heterocycles. The van der Waals surface area contributed by atoms with Crippen molar-refractivity contribution < 1.29 is 15.3 Å². The Bertz CT molecular complexity index is 518. The van der Waals surface area contributed by atoms with E-state index in [0.29, 0.717) is 12.1 Å². The van der Waals surface area contributed by atoms with Crippen LogP contribution in [0, 0.1) is 0 Å². The van der Waals surface area contributed by atoms with Crippen molar-refractivity contribution in [3.63, 3.8) is 0 Å². The second-order valence-corrected chi connectivity index (χ2v) is 5.75. The summed E-state index contributed by atoms with van der Waals surface area (Å²) in [6.07, 6.45) is 0.956. The van der Waals surface area contributed by atoms with Crippen LogP contribution in [0.1, 0.15) is 19.8 Å². The summed E-state index contributed by atoms with van der Waals surface area (Å²) in [5.74, 6) is -0.0657. The first-order valence-electron chi connectivity index (χ1n) is 6.35. The Kier molecular flexibility index (Phi) is 3.28. The Labute approximate surface area is 121 Å². The summed E-state index contributed by atoms with van der Waals surface area (Å²) >= 11 is 4.39. The highest BCUT2D eigenvalue weighted by atomic mass is 32.1. The van der Waals surface area contributed by atoms with E-state index in [1.807, 2.05) is 0 Å². The van der Waals surface area contributed by atoms with Gasteiger partial charge in [-0.3, -0.25) is 5.43 Å². The van der Waals surface area contributed by atoms with Crippen LogP contribution < -0.4 is 11.0 Å². The molecule has 8 nitrogen and oxygen atoms in total. The minimum atomic E-state index is -0.707. The van der Waals surface area contributed by atoms with Crippen LogP contribution in [0.4, 0.5) is 0 Å². The zero-order valence-corrected chi connectivity index (χ0v) is 11.7.